The molecule has 3 heterocycles. The van der Waals surface area contributed by atoms with Gasteiger partial charge in [-0.15, -0.1) is 0 Å². The van der Waals surface area contributed by atoms with Crippen LogP contribution in [0, 0.1) is 11.8 Å². The van der Waals surface area contributed by atoms with Crippen molar-refractivity contribution in [2.45, 2.75) is 70.9 Å². The highest BCUT2D eigenvalue weighted by Crippen LogP contribution is 2.38. The molecule has 5 nitrogen and oxygen atoms in total. The van der Waals surface area contributed by atoms with Crippen molar-refractivity contribution in [3.63, 3.8) is 0 Å². The summed E-state index contributed by atoms with van der Waals surface area (Å²) in [4.78, 5) is 29.6. The molecule has 1 aromatic carbocycles. The van der Waals surface area contributed by atoms with Gasteiger partial charge in [0.05, 0.1) is 6.54 Å². The third kappa shape index (κ3) is 4.66. The number of carbonyl (C=O) groups is 2. The Kier molecular flexibility index (Phi) is 6.23. The molecule has 0 radical (unpaired) electrons. The summed E-state index contributed by atoms with van der Waals surface area (Å²) in [5.41, 5.74) is 2.41. The lowest BCUT2D eigenvalue weighted by Crippen LogP contribution is -2.50. The van der Waals surface area contributed by atoms with Gasteiger partial charge in [0.2, 0.25) is 11.8 Å². The predicted molar refractivity (Wildman–Crippen MR) is 116 cm³/mol. The second-order valence-corrected chi connectivity index (χ2v) is 9.57. The fourth-order valence-electron chi connectivity index (χ4n) is 5.55. The summed E-state index contributed by atoms with van der Waals surface area (Å²) in [6.45, 7) is 6.32. The van der Waals surface area contributed by atoms with E-state index in [-0.39, 0.29) is 11.8 Å². The predicted octanol–water partition coefficient (Wildman–Crippen LogP) is 3.37. The smallest absolute Gasteiger partial charge is 0.241 e. The molecule has 1 N–H and O–H groups in total. The van der Waals surface area contributed by atoms with Crippen LogP contribution in [-0.2, 0) is 16.0 Å². The van der Waals surface area contributed by atoms with E-state index in [1.165, 1.54) is 18.4 Å². The number of carbonyl (C=O) groups excluding carboxylic acids is 2. The standard InChI is InChI=1S/C24H35N3O2/c1-17(2)12-23(28)25-15-18-13-20-9-10-21(14-18)27(20)16-24(29)26-11-5-7-19-6-3-4-8-22(19)26/h3-4,6,8,17-18,20-21H,5,7,9-16H2,1-2H3,(H,25,28)/t18?,20-,21+. The fraction of sp³-hybridized carbons (Fsp3) is 0.667. The first-order valence-electron chi connectivity index (χ1n) is 11.4. The molecule has 0 aliphatic carbocycles. The number of aryl methyl sites for hydroxylation is 1. The van der Waals surface area contributed by atoms with Crippen LogP contribution in [0.25, 0.3) is 0 Å². The number of amides is 2. The topological polar surface area (TPSA) is 52.7 Å². The van der Waals surface area contributed by atoms with Gasteiger partial charge in [0.1, 0.15) is 0 Å². The summed E-state index contributed by atoms with van der Waals surface area (Å²) >= 11 is 0. The summed E-state index contributed by atoms with van der Waals surface area (Å²) in [7, 11) is 0. The second kappa shape index (κ2) is 8.86. The number of para-hydroxylation sites is 1. The Labute approximate surface area is 174 Å². The van der Waals surface area contributed by atoms with Gasteiger partial charge >= 0.3 is 0 Å². The third-order valence-electron chi connectivity index (χ3n) is 6.89. The molecule has 4 rings (SSSR count). The van der Waals surface area contributed by atoms with Gasteiger partial charge in [-0.3, -0.25) is 14.5 Å². The van der Waals surface area contributed by atoms with Crippen molar-refractivity contribution in [2.24, 2.45) is 11.8 Å². The molecule has 5 heteroatoms. The quantitative estimate of drug-likeness (QED) is 0.801. The molecule has 0 aromatic heterocycles. The maximum absolute atomic E-state index is 13.2. The third-order valence-corrected chi connectivity index (χ3v) is 6.89. The summed E-state index contributed by atoms with van der Waals surface area (Å²) in [5.74, 6) is 1.37. The van der Waals surface area contributed by atoms with Crippen LogP contribution in [0.3, 0.4) is 0 Å². The lowest BCUT2D eigenvalue weighted by Gasteiger charge is -2.40. The molecular formula is C24H35N3O2. The monoisotopic (exact) mass is 397 g/mol. The van der Waals surface area contributed by atoms with Gasteiger partial charge in [-0.05, 0) is 62.0 Å². The van der Waals surface area contributed by atoms with E-state index in [9.17, 15) is 9.59 Å². The van der Waals surface area contributed by atoms with Crippen LogP contribution in [-0.4, -0.2) is 48.4 Å². The number of anilines is 1. The van der Waals surface area contributed by atoms with Gasteiger partial charge < -0.3 is 10.2 Å². The number of hydrogen-bond donors (Lipinski definition) is 1. The van der Waals surface area contributed by atoms with Crippen molar-refractivity contribution in [1.82, 2.24) is 10.2 Å². The van der Waals surface area contributed by atoms with Gasteiger partial charge in [0.25, 0.3) is 0 Å². The molecule has 2 bridgehead atoms. The van der Waals surface area contributed by atoms with Gasteiger partial charge in [-0.1, -0.05) is 32.0 Å². The number of piperidine rings is 1. The molecule has 158 valence electrons. The van der Waals surface area contributed by atoms with Gasteiger partial charge in [0, 0.05) is 37.3 Å². The summed E-state index contributed by atoms with van der Waals surface area (Å²) < 4.78 is 0. The molecule has 0 saturated carbocycles. The van der Waals surface area contributed by atoms with Crippen molar-refractivity contribution < 1.29 is 9.59 Å². The zero-order valence-electron chi connectivity index (χ0n) is 17.9. The molecule has 2 fully saturated rings. The van der Waals surface area contributed by atoms with Crippen molar-refractivity contribution in [1.29, 1.82) is 0 Å². The Morgan fingerprint density at radius 3 is 2.59 bits per heavy atom. The van der Waals surface area contributed by atoms with Gasteiger partial charge in [-0.25, -0.2) is 0 Å². The largest absolute Gasteiger partial charge is 0.356 e. The minimum Gasteiger partial charge on any atom is -0.356 e. The molecule has 3 atom stereocenters. The Morgan fingerprint density at radius 2 is 1.86 bits per heavy atom. The minimum absolute atomic E-state index is 0.175. The van der Waals surface area contributed by atoms with Gasteiger partial charge in [-0.2, -0.15) is 0 Å². The lowest BCUT2D eigenvalue weighted by atomic mass is 9.90. The van der Waals surface area contributed by atoms with E-state index in [2.05, 4.69) is 42.3 Å². The Balaban J connectivity index is 1.33. The highest BCUT2D eigenvalue weighted by Gasteiger charge is 2.42. The van der Waals surface area contributed by atoms with Crippen molar-refractivity contribution in [2.75, 3.05) is 24.5 Å². The molecule has 2 saturated heterocycles. The lowest BCUT2D eigenvalue weighted by molar-refractivity contribution is -0.122. The molecule has 3 aliphatic heterocycles. The molecule has 29 heavy (non-hydrogen) atoms. The van der Waals surface area contributed by atoms with Crippen molar-refractivity contribution in [3.05, 3.63) is 29.8 Å². The van der Waals surface area contributed by atoms with Crippen LogP contribution in [0.2, 0.25) is 0 Å². The number of rotatable bonds is 6. The Hall–Kier alpha value is -1.88. The van der Waals surface area contributed by atoms with Crippen LogP contribution < -0.4 is 10.2 Å². The first kappa shape index (κ1) is 20.4. The van der Waals surface area contributed by atoms with E-state index < -0.39 is 0 Å². The van der Waals surface area contributed by atoms with Crippen LogP contribution in [0.15, 0.2) is 24.3 Å². The molecule has 2 amide bonds. The van der Waals surface area contributed by atoms with E-state index in [4.69, 9.17) is 0 Å². The minimum atomic E-state index is 0.175. The van der Waals surface area contributed by atoms with E-state index in [1.54, 1.807) is 0 Å². The fourth-order valence-corrected chi connectivity index (χ4v) is 5.55. The average Bonchev–Trinajstić information content (AvgIpc) is 2.93. The molecule has 1 aromatic rings. The molecule has 1 unspecified atom stereocenters. The van der Waals surface area contributed by atoms with Crippen LogP contribution >= 0.6 is 0 Å². The number of nitrogens with zero attached hydrogens (tertiary/aromatic N) is 2. The zero-order valence-corrected chi connectivity index (χ0v) is 17.9. The SMILES string of the molecule is CC(C)CC(=O)NCC1C[C@H]2CC[C@@H](C1)N2CC(=O)N1CCCc2ccccc21. The number of hydrogen-bond acceptors (Lipinski definition) is 3. The molecule has 3 aliphatic rings. The number of benzene rings is 1. The van der Waals surface area contributed by atoms with Crippen molar-refractivity contribution in [3.8, 4) is 0 Å². The average molecular weight is 398 g/mol. The molecule has 0 spiro atoms. The highest BCUT2D eigenvalue weighted by atomic mass is 16.2. The summed E-state index contributed by atoms with van der Waals surface area (Å²) in [5, 5.41) is 3.14. The van der Waals surface area contributed by atoms with Crippen LogP contribution in [0.5, 0.6) is 0 Å². The van der Waals surface area contributed by atoms with E-state index in [0.29, 0.717) is 36.9 Å². The van der Waals surface area contributed by atoms with E-state index in [1.807, 2.05) is 11.0 Å². The number of fused-ring (bicyclic) bond motifs is 3. The first-order valence-corrected chi connectivity index (χ1v) is 11.4. The van der Waals surface area contributed by atoms with Gasteiger partial charge in [0.15, 0.2) is 0 Å². The maximum atomic E-state index is 13.2. The van der Waals surface area contributed by atoms with Crippen LogP contribution in [0.1, 0.15) is 57.9 Å². The Morgan fingerprint density at radius 1 is 1.14 bits per heavy atom. The normalized spacial score (nSPS) is 26.4. The second-order valence-electron chi connectivity index (χ2n) is 9.57. The molecular weight excluding hydrogens is 362 g/mol. The Bertz CT molecular complexity index is 733. The highest BCUT2D eigenvalue weighted by molar-refractivity contribution is 5.96. The van der Waals surface area contributed by atoms with E-state index in [0.717, 1.165) is 44.5 Å². The zero-order chi connectivity index (χ0) is 20.4. The first-order chi connectivity index (χ1) is 14.0. The maximum Gasteiger partial charge on any atom is 0.241 e. The summed E-state index contributed by atoms with van der Waals surface area (Å²) in [6, 6.07) is 9.32. The number of nitrogens with one attached hydrogen (secondary N) is 1. The van der Waals surface area contributed by atoms with Crippen molar-refractivity contribution >= 4 is 17.5 Å². The van der Waals surface area contributed by atoms with E-state index >= 15 is 0 Å². The van der Waals surface area contributed by atoms with Crippen LogP contribution in [0.4, 0.5) is 5.69 Å². The summed E-state index contributed by atoms with van der Waals surface area (Å²) in [6.07, 6.45) is 7.30.